The van der Waals surface area contributed by atoms with E-state index in [0.29, 0.717) is 12.4 Å². The highest BCUT2D eigenvalue weighted by atomic mass is 16.6. The summed E-state index contributed by atoms with van der Waals surface area (Å²) >= 11 is 0. The number of hydrogen-bond donors (Lipinski definition) is 1. The number of carbonyl (C=O) groups is 1. The van der Waals surface area contributed by atoms with E-state index in [1.54, 1.807) is 7.11 Å². The Morgan fingerprint density at radius 3 is 2.74 bits per heavy atom. The third kappa shape index (κ3) is 5.29. The van der Waals surface area contributed by atoms with Crippen molar-refractivity contribution in [3.8, 4) is 5.88 Å². The van der Waals surface area contributed by atoms with Gasteiger partial charge in [-0.1, -0.05) is 18.2 Å². The standard InChI is InChI=1S/C18H22N2O3/c1-18(2,3)23-17(21)19-11-5-6-13-7-9-15-14(12-13)8-10-16(20-15)22-4/h5-10,12H,11H2,1-4H3,(H,19,21). The molecule has 0 unspecified atom stereocenters. The highest BCUT2D eigenvalue weighted by Crippen LogP contribution is 2.18. The van der Waals surface area contributed by atoms with Crippen LogP contribution in [0.15, 0.2) is 36.4 Å². The fraction of sp³-hybridized carbons (Fsp3) is 0.333. The number of amides is 1. The monoisotopic (exact) mass is 314 g/mol. The lowest BCUT2D eigenvalue weighted by Crippen LogP contribution is -2.32. The number of rotatable bonds is 4. The Labute approximate surface area is 136 Å². The highest BCUT2D eigenvalue weighted by molar-refractivity contribution is 5.81. The van der Waals surface area contributed by atoms with Gasteiger partial charge in [0.1, 0.15) is 5.60 Å². The molecule has 2 aromatic rings. The number of nitrogens with zero attached hydrogens (tertiary/aromatic N) is 1. The lowest BCUT2D eigenvalue weighted by molar-refractivity contribution is 0.0534. The number of ether oxygens (including phenoxy) is 2. The lowest BCUT2D eigenvalue weighted by Gasteiger charge is -2.19. The summed E-state index contributed by atoms with van der Waals surface area (Å²) in [6, 6.07) is 9.75. The fourth-order valence-electron chi connectivity index (χ4n) is 1.99. The van der Waals surface area contributed by atoms with Crippen molar-refractivity contribution in [1.29, 1.82) is 0 Å². The number of alkyl carbamates (subject to hydrolysis) is 1. The van der Waals surface area contributed by atoms with Gasteiger partial charge in [-0.3, -0.25) is 0 Å². The van der Waals surface area contributed by atoms with Crippen LogP contribution < -0.4 is 10.1 Å². The molecule has 5 heteroatoms. The van der Waals surface area contributed by atoms with Crippen LogP contribution in [0.5, 0.6) is 5.88 Å². The Bertz CT molecular complexity index is 718. The molecule has 5 nitrogen and oxygen atoms in total. The number of hydrogen-bond acceptors (Lipinski definition) is 4. The third-order valence-corrected chi connectivity index (χ3v) is 2.97. The molecule has 23 heavy (non-hydrogen) atoms. The second kappa shape index (κ2) is 7.13. The zero-order chi connectivity index (χ0) is 16.9. The summed E-state index contributed by atoms with van der Waals surface area (Å²) in [5, 5.41) is 3.72. The highest BCUT2D eigenvalue weighted by Gasteiger charge is 2.14. The van der Waals surface area contributed by atoms with Crippen LogP contribution in [0.25, 0.3) is 17.0 Å². The van der Waals surface area contributed by atoms with Gasteiger partial charge in [0.25, 0.3) is 0 Å². The topological polar surface area (TPSA) is 60.5 Å². The normalized spacial score (nSPS) is 11.7. The first-order valence-electron chi connectivity index (χ1n) is 7.45. The van der Waals surface area contributed by atoms with Gasteiger partial charge < -0.3 is 14.8 Å². The molecule has 0 fully saturated rings. The molecular formula is C18H22N2O3. The molecule has 0 saturated carbocycles. The second-order valence-electron chi connectivity index (χ2n) is 6.09. The molecule has 0 aliphatic rings. The molecule has 1 N–H and O–H groups in total. The molecule has 0 aliphatic carbocycles. The molecular weight excluding hydrogens is 292 g/mol. The van der Waals surface area contributed by atoms with Crippen LogP contribution in [0.4, 0.5) is 4.79 Å². The predicted molar refractivity (Wildman–Crippen MR) is 91.6 cm³/mol. The van der Waals surface area contributed by atoms with Crippen molar-refractivity contribution in [2.45, 2.75) is 26.4 Å². The molecule has 0 atom stereocenters. The molecule has 1 aromatic carbocycles. The van der Waals surface area contributed by atoms with Gasteiger partial charge in [-0.05, 0) is 44.5 Å². The van der Waals surface area contributed by atoms with Crippen LogP contribution in [-0.2, 0) is 4.74 Å². The summed E-state index contributed by atoms with van der Waals surface area (Å²) in [7, 11) is 1.60. The minimum atomic E-state index is -0.486. The zero-order valence-corrected chi connectivity index (χ0v) is 13.9. The van der Waals surface area contributed by atoms with Crippen LogP contribution in [0, 0.1) is 0 Å². The minimum absolute atomic E-state index is 0.411. The molecule has 0 aliphatic heterocycles. The summed E-state index contributed by atoms with van der Waals surface area (Å²) in [4.78, 5) is 15.9. The smallest absolute Gasteiger partial charge is 0.407 e. The number of pyridine rings is 1. The average molecular weight is 314 g/mol. The maximum absolute atomic E-state index is 11.5. The van der Waals surface area contributed by atoms with Crippen molar-refractivity contribution >= 4 is 23.1 Å². The van der Waals surface area contributed by atoms with Gasteiger partial charge in [0.15, 0.2) is 0 Å². The third-order valence-electron chi connectivity index (χ3n) is 2.97. The van der Waals surface area contributed by atoms with E-state index in [-0.39, 0.29) is 0 Å². The quantitative estimate of drug-likeness (QED) is 0.933. The van der Waals surface area contributed by atoms with Crippen LogP contribution in [0.2, 0.25) is 0 Å². The molecule has 0 bridgehead atoms. The van der Waals surface area contributed by atoms with E-state index in [9.17, 15) is 4.79 Å². The van der Waals surface area contributed by atoms with Crippen molar-refractivity contribution in [1.82, 2.24) is 10.3 Å². The Morgan fingerprint density at radius 1 is 1.26 bits per heavy atom. The summed E-state index contributed by atoms with van der Waals surface area (Å²) < 4.78 is 10.3. The van der Waals surface area contributed by atoms with Crippen LogP contribution in [0.3, 0.4) is 0 Å². The van der Waals surface area contributed by atoms with E-state index >= 15 is 0 Å². The van der Waals surface area contributed by atoms with E-state index < -0.39 is 11.7 Å². The molecule has 0 spiro atoms. The van der Waals surface area contributed by atoms with E-state index in [1.165, 1.54) is 0 Å². The molecule has 0 saturated heterocycles. The van der Waals surface area contributed by atoms with Gasteiger partial charge in [-0.2, -0.15) is 0 Å². The minimum Gasteiger partial charge on any atom is -0.481 e. The number of carbonyl (C=O) groups excluding carboxylic acids is 1. The average Bonchev–Trinajstić information content (AvgIpc) is 2.49. The SMILES string of the molecule is COc1ccc2cc(C=CCNC(=O)OC(C)(C)C)ccc2n1. The van der Waals surface area contributed by atoms with Gasteiger partial charge in [-0.25, -0.2) is 9.78 Å². The van der Waals surface area contributed by atoms with Gasteiger partial charge in [-0.15, -0.1) is 0 Å². The van der Waals surface area contributed by atoms with Crippen molar-refractivity contribution in [2.24, 2.45) is 0 Å². The van der Waals surface area contributed by atoms with Crippen LogP contribution >= 0.6 is 0 Å². The van der Waals surface area contributed by atoms with Crippen molar-refractivity contribution in [3.63, 3.8) is 0 Å². The van der Waals surface area contributed by atoms with E-state index in [4.69, 9.17) is 9.47 Å². The molecule has 0 radical (unpaired) electrons. The maximum atomic E-state index is 11.5. The lowest BCUT2D eigenvalue weighted by atomic mass is 10.1. The molecule has 122 valence electrons. The van der Waals surface area contributed by atoms with Crippen molar-refractivity contribution in [3.05, 3.63) is 42.0 Å². The molecule has 1 heterocycles. The Hall–Kier alpha value is -2.56. The molecule has 1 amide bonds. The van der Waals surface area contributed by atoms with Gasteiger partial charge in [0.2, 0.25) is 5.88 Å². The number of methoxy groups -OCH3 is 1. The number of nitrogens with one attached hydrogen (secondary N) is 1. The van der Waals surface area contributed by atoms with E-state index in [1.807, 2.05) is 63.3 Å². The van der Waals surface area contributed by atoms with Crippen LogP contribution in [-0.4, -0.2) is 30.3 Å². The summed E-state index contributed by atoms with van der Waals surface area (Å²) in [5.74, 6) is 0.599. The fourth-order valence-corrected chi connectivity index (χ4v) is 1.99. The number of benzene rings is 1. The Kier molecular flexibility index (Phi) is 5.21. The summed E-state index contributed by atoms with van der Waals surface area (Å²) in [5.41, 5.74) is 1.43. The number of aromatic nitrogens is 1. The van der Waals surface area contributed by atoms with Crippen LogP contribution in [0.1, 0.15) is 26.3 Å². The van der Waals surface area contributed by atoms with Gasteiger partial charge in [0, 0.05) is 18.0 Å². The first kappa shape index (κ1) is 16.8. The van der Waals surface area contributed by atoms with Gasteiger partial charge in [0.05, 0.1) is 12.6 Å². The Balaban J connectivity index is 1.95. The summed E-state index contributed by atoms with van der Waals surface area (Å²) in [6.45, 7) is 5.91. The largest absolute Gasteiger partial charge is 0.481 e. The van der Waals surface area contributed by atoms with Gasteiger partial charge >= 0.3 is 6.09 Å². The first-order valence-corrected chi connectivity index (χ1v) is 7.45. The van der Waals surface area contributed by atoms with E-state index in [0.717, 1.165) is 16.5 Å². The summed E-state index contributed by atoms with van der Waals surface area (Å²) in [6.07, 6.45) is 3.40. The molecule has 2 rings (SSSR count). The second-order valence-corrected chi connectivity index (χ2v) is 6.09. The Morgan fingerprint density at radius 2 is 2.04 bits per heavy atom. The van der Waals surface area contributed by atoms with E-state index in [2.05, 4.69) is 10.3 Å². The predicted octanol–water partition coefficient (Wildman–Crippen LogP) is 3.78. The maximum Gasteiger partial charge on any atom is 0.407 e. The molecule has 1 aromatic heterocycles. The van der Waals surface area contributed by atoms with Crippen molar-refractivity contribution < 1.29 is 14.3 Å². The zero-order valence-electron chi connectivity index (χ0n) is 13.9. The van der Waals surface area contributed by atoms with Crippen molar-refractivity contribution in [2.75, 3.05) is 13.7 Å². The number of fused-ring (bicyclic) bond motifs is 1. The first-order chi connectivity index (χ1) is 10.9.